The number of imide groups is 1. The number of benzene rings is 1. The number of nitrogens with two attached hydrogens (primary N) is 1. The van der Waals surface area contributed by atoms with Gasteiger partial charge in [-0.1, -0.05) is 19.4 Å². The highest BCUT2D eigenvalue weighted by molar-refractivity contribution is 6.01. The van der Waals surface area contributed by atoms with Crippen LogP contribution in [0.4, 0.5) is 0 Å². The van der Waals surface area contributed by atoms with Crippen molar-refractivity contribution in [3.63, 3.8) is 0 Å². The summed E-state index contributed by atoms with van der Waals surface area (Å²) in [5, 5.41) is 10.4. The van der Waals surface area contributed by atoms with Crippen LogP contribution in [0.25, 0.3) is 0 Å². The fourth-order valence-corrected chi connectivity index (χ4v) is 5.73. The van der Waals surface area contributed by atoms with E-state index < -0.39 is 23.8 Å². The quantitative estimate of drug-likeness (QED) is 0.362. The van der Waals surface area contributed by atoms with E-state index in [1.54, 1.807) is 6.07 Å². The standard InChI is InChI=1S/C27H38N4O7/c1-2-3-11-29(12-4-10-28)25(34)16-30-15-19(18-5-6-21-22(14-18)38-17-37-21)26(27(35)36)20(30)9-13-31-23(32)7-8-24(31)33/h5-6,14,19-20,26H,2-4,7-13,15-17,28H2,1H3,(H,35,36). The van der Waals surface area contributed by atoms with Crippen molar-refractivity contribution in [3.05, 3.63) is 23.8 Å². The molecular formula is C27H38N4O7. The normalized spacial score (nSPS) is 22.9. The van der Waals surface area contributed by atoms with E-state index >= 15 is 0 Å². The molecule has 2 saturated heterocycles. The van der Waals surface area contributed by atoms with E-state index in [2.05, 4.69) is 6.92 Å². The van der Waals surface area contributed by atoms with Crippen LogP contribution in [0.3, 0.4) is 0 Å². The number of carbonyl (C=O) groups excluding carboxylic acids is 3. The van der Waals surface area contributed by atoms with Crippen molar-refractivity contribution in [2.75, 3.05) is 46.1 Å². The summed E-state index contributed by atoms with van der Waals surface area (Å²) in [7, 11) is 0. The van der Waals surface area contributed by atoms with Crippen LogP contribution in [0.5, 0.6) is 11.5 Å². The van der Waals surface area contributed by atoms with Crippen molar-refractivity contribution < 1.29 is 33.8 Å². The zero-order chi connectivity index (χ0) is 27.2. The van der Waals surface area contributed by atoms with E-state index in [0.717, 1.165) is 18.4 Å². The smallest absolute Gasteiger partial charge is 0.308 e. The Morgan fingerprint density at radius 3 is 2.50 bits per heavy atom. The van der Waals surface area contributed by atoms with Crippen molar-refractivity contribution in [2.24, 2.45) is 11.7 Å². The average molecular weight is 531 g/mol. The number of carboxylic acid groups (broad SMARTS) is 1. The van der Waals surface area contributed by atoms with Crippen molar-refractivity contribution >= 4 is 23.7 Å². The van der Waals surface area contributed by atoms with E-state index in [0.29, 0.717) is 44.1 Å². The molecule has 0 saturated carbocycles. The number of aliphatic carboxylic acids is 1. The number of carbonyl (C=O) groups is 4. The van der Waals surface area contributed by atoms with Crippen molar-refractivity contribution in [2.45, 2.75) is 57.4 Å². The van der Waals surface area contributed by atoms with Crippen LogP contribution in [0.1, 0.15) is 56.9 Å². The molecule has 0 bridgehead atoms. The van der Waals surface area contributed by atoms with Crippen LogP contribution in [-0.4, -0.2) is 95.6 Å². The van der Waals surface area contributed by atoms with Crippen molar-refractivity contribution in [1.29, 1.82) is 0 Å². The SMILES string of the molecule is CCCCN(CCCN)C(=O)CN1CC(c2ccc3c(c2)OCO3)C(C(=O)O)C1CCN1C(=O)CCC1=O. The van der Waals surface area contributed by atoms with Gasteiger partial charge in [-0.25, -0.2) is 0 Å². The molecule has 0 radical (unpaired) electrons. The molecule has 0 aliphatic carbocycles. The summed E-state index contributed by atoms with van der Waals surface area (Å²) in [5.41, 5.74) is 6.49. The van der Waals surface area contributed by atoms with E-state index in [-0.39, 0.29) is 56.9 Å². The second kappa shape index (κ2) is 12.6. The maximum Gasteiger partial charge on any atom is 0.308 e. The summed E-state index contributed by atoms with van der Waals surface area (Å²) in [6.07, 6.45) is 3.15. The Morgan fingerprint density at radius 1 is 1.11 bits per heavy atom. The molecule has 0 spiro atoms. The molecule has 2 fully saturated rings. The lowest BCUT2D eigenvalue weighted by atomic mass is 9.84. The van der Waals surface area contributed by atoms with Gasteiger partial charge in [0.05, 0.1) is 12.5 Å². The summed E-state index contributed by atoms with van der Waals surface area (Å²) in [4.78, 5) is 55.5. The lowest BCUT2D eigenvalue weighted by molar-refractivity contribution is -0.144. The van der Waals surface area contributed by atoms with Gasteiger partial charge in [-0.3, -0.25) is 29.0 Å². The molecule has 4 rings (SSSR count). The Balaban J connectivity index is 1.59. The molecule has 3 unspecified atom stereocenters. The monoisotopic (exact) mass is 530 g/mol. The first-order valence-electron chi connectivity index (χ1n) is 13.5. The molecule has 208 valence electrons. The number of hydrogen-bond donors (Lipinski definition) is 2. The van der Waals surface area contributed by atoms with Crippen LogP contribution in [0.15, 0.2) is 18.2 Å². The molecular weight excluding hydrogens is 492 g/mol. The average Bonchev–Trinajstić information content (AvgIpc) is 3.59. The number of likely N-dealkylation sites (tertiary alicyclic amines) is 2. The minimum Gasteiger partial charge on any atom is -0.481 e. The third-order valence-electron chi connectivity index (χ3n) is 7.77. The zero-order valence-corrected chi connectivity index (χ0v) is 22.0. The first-order chi connectivity index (χ1) is 18.3. The first-order valence-corrected chi connectivity index (χ1v) is 13.5. The molecule has 3 N–H and O–H groups in total. The summed E-state index contributed by atoms with van der Waals surface area (Å²) in [5.74, 6) is -1.57. The molecule has 0 aromatic heterocycles. The molecule has 38 heavy (non-hydrogen) atoms. The van der Waals surface area contributed by atoms with Gasteiger partial charge < -0.3 is 25.2 Å². The highest BCUT2D eigenvalue weighted by atomic mass is 16.7. The van der Waals surface area contributed by atoms with E-state index in [4.69, 9.17) is 15.2 Å². The van der Waals surface area contributed by atoms with Gasteiger partial charge in [0.2, 0.25) is 24.5 Å². The molecule has 3 heterocycles. The van der Waals surface area contributed by atoms with Crippen molar-refractivity contribution in [3.8, 4) is 11.5 Å². The van der Waals surface area contributed by atoms with Crippen LogP contribution < -0.4 is 15.2 Å². The number of nitrogens with zero attached hydrogens (tertiary/aromatic N) is 3. The van der Waals surface area contributed by atoms with E-state index in [1.165, 1.54) is 4.90 Å². The molecule has 3 aliphatic rings. The number of fused-ring (bicyclic) bond motifs is 1. The molecule has 11 nitrogen and oxygen atoms in total. The maximum atomic E-state index is 13.4. The fraction of sp³-hybridized carbons (Fsp3) is 0.630. The van der Waals surface area contributed by atoms with E-state index in [9.17, 15) is 24.3 Å². The minimum absolute atomic E-state index is 0.0612. The summed E-state index contributed by atoms with van der Waals surface area (Å²) in [6.45, 7) is 4.39. The molecule has 3 aliphatic heterocycles. The Labute approximate surface area is 222 Å². The van der Waals surface area contributed by atoms with Gasteiger partial charge in [-0.15, -0.1) is 0 Å². The fourth-order valence-electron chi connectivity index (χ4n) is 5.73. The molecule has 1 aromatic carbocycles. The van der Waals surface area contributed by atoms with Crippen LogP contribution in [0, 0.1) is 5.92 Å². The number of ether oxygens (including phenoxy) is 2. The highest BCUT2D eigenvalue weighted by Crippen LogP contribution is 2.42. The van der Waals surface area contributed by atoms with Gasteiger partial charge >= 0.3 is 5.97 Å². The van der Waals surface area contributed by atoms with E-state index in [1.807, 2.05) is 21.9 Å². The van der Waals surface area contributed by atoms with Gasteiger partial charge in [0, 0.05) is 51.0 Å². The molecule has 3 amide bonds. The van der Waals surface area contributed by atoms with Gasteiger partial charge in [0.15, 0.2) is 11.5 Å². The van der Waals surface area contributed by atoms with Crippen LogP contribution in [-0.2, 0) is 19.2 Å². The Hall–Kier alpha value is -3.18. The predicted molar refractivity (Wildman–Crippen MR) is 138 cm³/mol. The Kier molecular flexibility index (Phi) is 9.22. The summed E-state index contributed by atoms with van der Waals surface area (Å²) in [6, 6.07) is 4.91. The van der Waals surface area contributed by atoms with Gasteiger partial charge in [0.25, 0.3) is 0 Å². The number of carboxylic acids is 1. The second-order valence-corrected chi connectivity index (χ2v) is 10.2. The molecule has 3 atom stereocenters. The number of hydrogen-bond acceptors (Lipinski definition) is 8. The predicted octanol–water partition coefficient (Wildman–Crippen LogP) is 1.40. The Bertz CT molecular complexity index is 1020. The number of rotatable bonds is 13. The summed E-state index contributed by atoms with van der Waals surface area (Å²) < 4.78 is 10.9. The number of unbranched alkanes of at least 4 members (excludes halogenated alkanes) is 1. The zero-order valence-electron chi connectivity index (χ0n) is 22.0. The highest BCUT2D eigenvalue weighted by Gasteiger charge is 2.48. The van der Waals surface area contributed by atoms with Gasteiger partial charge in [0.1, 0.15) is 0 Å². The van der Waals surface area contributed by atoms with Crippen LogP contribution in [0.2, 0.25) is 0 Å². The second-order valence-electron chi connectivity index (χ2n) is 10.2. The lowest BCUT2D eigenvalue weighted by Gasteiger charge is -2.30. The molecule has 1 aromatic rings. The van der Waals surface area contributed by atoms with Crippen molar-refractivity contribution in [1.82, 2.24) is 14.7 Å². The Morgan fingerprint density at radius 2 is 1.82 bits per heavy atom. The lowest BCUT2D eigenvalue weighted by Crippen LogP contribution is -2.46. The topological polar surface area (TPSA) is 143 Å². The van der Waals surface area contributed by atoms with Gasteiger partial charge in [-0.05, 0) is 43.5 Å². The largest absolute Gasteiger partial charge is 0.481 e. The first kappa shape index (κ1) is 27.8. The van der Waals surface area contributed by atoms with Crippen LogP contribution >= 0.6 is 0 Å². The summed E-state index contributed by atoms with van der Waals surface area (Å²) >= 11 is 0. The minimum atomic E-state index is -0.974. The third-order valence-corrected chi connectivity index (χ3v) is 7.77. The molecule has 11 heteroatoms. The third kappa shape index (κ3) is 6.10. The maximum absolute atomic E-state index is 13.4. The van der Waals surface area contributed by atoms with Gasteiger partial charge in [-0.2, -0.15) is 0 Å². The number of amides is 3.